The highest BCUT2D eigenvalue weighted by atomic mass is 32.2. The third kappa shape index (κ3) is 2.19. The van der Waals surface area contributed by atoms with Crippen molar-refractivity contribution < 1.29 is 13.6 Å². The smallest absolute Gasteiger partial charge is 0.256 e. The molecule has 2 nitrogen and oxygen atoms in total. The minimum absolute atomic E-state index is 0.174. The fourth-order valence-corrected chi connectivity index (χ4v) is 2.51. The van der Waals surface area contributed by atoms with Gasteiger partial charge in [0, 0.05) is 24.6 Å². The molecule has 0 radical (unpaired) electrons. The molecule has 1 amide bonds. The van der Waals surface area contributed by atoms with Crippen molar-refractivity contribution in [2.75, 3.05) is 24.6 Å². The van der Waals surface area contributed by atoms with E-state index in [1.807, 2.05) is 0 Å². The van der Waals surface area contributed by atoms with Gasteiger partial charge in [0.1, 0.15) is 0 Å². The maximum Gasteiger partial charge on any atom is 0.256 e. The van der Waals surface area contributed by atoms with Crippen LogP contribution in [0.15, 0.2) is 18.2 Å². The molecule has 5 heteroatoms. The average Bonchev–Trinajstić information content (AvgIpc) is 2.33. The van der Waals surface area contributed by atoms with E-state index >= 15 is 0 Å². The first-order valence-corrected chi connectivity index (χ1v) is 6.16. The van der Waals surface area contributed by atoms with Crippen LogP contribution in [0.3, 0.4) is 0 Å². The van der Waals surface area contributed by atoms with Gasteiger partial charge in [-0.05, 0) is 12.1 Å². The molecular formula is C11H11F2NOS. The molecular weight excluding hydrogens is 232 g/mol. The largest absolute Gasteiger partial charge is 0.337 e. The molecule has 86 valence electrons. The van der Waals surface area contributed by atoms with E-state index in [0.717, 1.165) is 17.6 Å². The van der Waals surface area contributed by atoms with Gasteiger partial charge in [-0.15, -0.1) is 0 Å². The molecule has 0 bridgehead atoms. The Kier molecular flexibility index (Phi) is 3.43. The Labute approximate surface area is 96.6 Å². The summed E-state index contributed by atoms with van der Waals surface area (Å²) >= 11 is 1.76. The van der Waals surface area contributed by atoms with Crippen LogP contribution in [0.2, 0.25) is 0 Å². The molecule has 0 N–H and O–H groups in total. The number of rotatable bonds is 1. The van der Waals surface area contributed by atoms with Crippen LogP contribution in [0.4, 0.5) is 8.78 Å². The van der Waals surface area contributed by atoms with Crippen LogP contribution in [0, 0.1) is 11.6 Å². The standard InChI is InChI=1S/C11H11F2NOS/c12-9-3-1-2-8(10(9)13)11(15)14-4-6-16-7-5-14/h1-3H,4-7H2. The van der Waals surface area contributed by atoms with Gasteiger partial charge in [0.05, 0.1) is 5.56 Å². The van der Waals surface area contributed by atoms with Gasteiger partial charge in [0.2, 0.25) is 0 Å². The van der Waals surface area contributed by atoms with Crippen LogP contribution in [0.1, 0.15) is 10.4 Å². The Hall–Kier alpha value is -1.10. The summed E-state index contributed by atoms with van der Waals surface area (Å²) in [6.45, 7) is 1.19. The van der Waals surface area contributed by atoms with Crippen LogP contribution >= 0.6 is 11.8 Å². The summed E-state index contributed by atoms with van der Waals surface area (Å²) in [5.41, 5.74) is -0.174. The normalized spacial score (nSPS) is 16.2. The highest BCUT2D eigenvalue weighted by Gasteiger charge is 2.22. The molecule has 1 aromatic carbocycles. The molecule has 1 aliphatic heterocycles. The van der Waals surface area contributed by atoms with Crippen molar-refractivity contribution in [2.24, 2.45) is 0 Å². The number of thioether (sulfide) groups is 1. The van der Waals surface area contributed by atoms with Crippen molar-refractivity contribution in [3.05, 3.63) is 35.4 Å². The summed E-state index contributed by atoms with van der Waals surface area (Å²) in [5, 5.41) is 0. The number of hydrogen-bond acceptors (Lipinski definition) is 2. The van der Waals surface area contributed by atoms with Crippen LogP contribution in [0.25, 0.3) is 0 Å². The molecule has 0 aliphatic carbocycles. The topological polar surface area (TPSA) is 20.3 Å². The predicted octanol–water partition coefficient (Wildman–Crippen LogP) is 2.15. The van der Waals surface area contributed by atoms with E-state index in [1.165, 1.54) is 12.1 Å². The number of amides is 1. The monoisotopic (exact) mass is 243 g/mol. The molecule has 1 fully saturated rings. The van der Waals surface area contributed by atoms with Gasteiger partial charge < -0.3 is 4.90 Å². The zero-order chi connectivity index (χ0) is 11.5. The van der Waals surface area contributed by atoms with E-state index in [9.17, 15) is 13.6 Å². The molecule has 1 heterocycles. The second kappa shape index (κ2) is 4.82. The second-order valence-electron chi connectivity index (χ2n) is 3.51. The highest BCUT2D eigenvalue weighted by Crippen LogP contribution is 2.16. The zero-order valence-corrected chi connectivity index (χ0v) is 9.40. The lowest BCUT2D eigenvalue weighted by molar-refractivity contribution is 0.0766. The third-order valence-corrected chi connectivity index (χ3v) is 3.42. The van der Waals surface area contributed by atoms with Crippen LogP contribution < -0.4 is 0 Å². The van der Waals surface area contributed by atoms with Crippen molar-refractivity contribution in [1.82, 2.24) is 4.90 Å². The van der Waals surface area contributed by atoms with Crippen LogP contribution in [0.5, 0.6) is 0 Å². The van der Waals surface area contributed by atoms with Crippen LogP contribution in [-0.2, 0) is 0 Å². The number of hydrogen-bond donors (Lipinski definition) is 0. The highest BCUT2D eigenvalue weighted by molar-refractivity contribution is 7.99. The average molecular weight is 243 g/mol. The number of benzene rings is 1. The van der Waals surface area contributed by atoms with E-state index in [2.05, 4.69) is 0 Å². The maximum atomic E-state index is 13.4. The van der Waals surface area contributed by atoms with E-state index in [4.69, 9.17) is 0 Å². The first-order valence-electron chi connectivity index (χ1n) is 5.01. The number of carbonyl (C=O) groups excluding carboxylic acids is 1. The second-order valence-corrected chi connectivity index (χ2v) is 4.73. The Balaban J connectivity index is 2.22. The minimum Gasteiger partial charge on any atom is -0.337 e. The molecule has 1 saturated heterocycles. The SMILES string of the molecule is O=C(c1cccc(F)c1F)N1CCSCC1. The first-order chi connectivity index (χ1) is 7.70. The lowest BCUT2D eigenvalue weighted by Gasteiger charge is -2.26. The quantitative estimate of drug-likeness (QED) is 0.753. The lowest BCUT2D eigenvalue weighted by Crippen LogP contribution is -2.38. The van der Waals surface area contributed by atoms with Crippen molar-refractivity contribution in [2.45, 2.75) is 0 Å². The minimum atomic E-state index is -1.05. The van der Waals surface area contributed by atoms with Gasteiger partial charge in [-0.2, -0.15) is 11.8 Å². The van der Waals surface area contributed by atoms with Gasteiger partial charge in [0.15, 0.2) is 11.6 Å². The number of halogens is 2. The molecule has 0 saturated carbocycles. The molecule has 0 aromatic heterocycles. The summed E-state index contributed by atoms with van der Waals surface area (Å²) in [4.78, 5) is 13.4. The number of carbonyl (C=O) groups is 1. The molecule has 1 aromatic rings. The van der Waals surface area contributed by atoms with E-state index in [-0.39, 0.29) is 5.56 Å². The summed E-state index contributed by atoms with van der Waals surface area (Å²) < 4.78 is 26.3. The summed E-state index contributed by atoms with van der Waals surface area (Å²) in [7, 11) is 0. The molecule has 1 aliphatic rings. The molecule has 0 atom stereocenters. The Morgan fingerprint density at radius 2 is 1.94 bits per heavy atom. The van der Waals surface area contributed by atoms with E-state index < -0.39 is 17.5 Å². The number of nitrogens with zero attached hydrogens (tertiary/aromatic N) is 1. The summed E-state index contributed by atoms with van der Waals surface area (Å²) in [5.74, 6) is -0.744. The van der Waals surface area contributed by atoms with Crippen LogP contribution in [-0.4, -0.2) is 35.4 Å². The maximum absolute atomic E-state index is 13.4. The predicted molar refractivity (Wildman–Crippen MR) is 59.6 cm³/mol. The third-order valence-electron chi connectivity index (χ3n) is 2.48. The zero-order valence-electron chi connectivity index (χ0n) is 8.58. The summed E-state index contributed by atoms with van der Waals surface area (Å²) in [6.07, 6.45) is 0. The Bertz CT molecular complexity index is 405. The van der Waals surface area contributed by atoms with E-state index in [1.54, 1.807) is 16.7 Å². The Morgan fingerprint density at radius 1 is 1.25 bits per heavy atom. The molecule has 0 unspecified atom stereocenters. The Morgan fingerprint density at radius 3 is 2.62 bits per heavy atom. The van der Waals surface area contributed by atoms with Gasteiger partial charge in [-0.3, -0.25) is 4.79 Å². The molecule has 0 spiro atoms. The van der Waals surface area contributed by atoms with Gasteiger partial charge >= 0.3 is 0 Å². The fourth-order valence-electron chi connectivity index (χ4n) is 1.61. The van der Waals surface area contributed by atoms with Gasteiger partial charge in [-0.1, -0.05) is 6.07 Å². The lowest BCUT2D eigenvalue weighted by atomic mass is 10.1. The van der Waals surface area contributed by atoms with Crippen molar-refractivity contribution in [3.63, 3.8) is 0 Å². The summed E-state index contributed by atoms with van der Waals surface area (Å²) in [6, 6.07) is 3.69. The van der Waals surface area contributed by atoms with Crippen molar-refractivity contribution in [1.29, 1.82) is 0 Å². The molecule has 16 heavy (non-hydrogen) atoms. The fraction of sp³-hybridized carbons (Fsp3) is 0.364. The van der Waals surface area contributed by atoms with Gasteiger partial charge in [-0.25, -0.2) is 8.78 Å². The molecule has 2 rings (SSSR count). The van der Waals surface area contributed by atoms with Gasteiger partial charge in [0.25, 0.3) is 5.91 Å². The first kappa shape index (κ1) is 11.4. The van der Waals surface area contributed by atoms with Crippen molar-refractivity contribution >= 4 is 17.7 Å². The van der Waals surface area contributed by atoms with E-state index in [0.29, 0.717) is 13.1 Å². The van der Waals surface area contributed by atoms with Crippen molar-refractivity contribution in [3.8, 4) is 0 Å².